The van der Waals surface area contributed by atoms with E-state index < -0.39 is 0 Å². The van der Waals surface area contributed by atoms with Crippen LogP contribution in [-0.2, 0) is 46.7 Å². The largest absolute Gasteiger partial charge is 1.00 e. The third-order valence-electron chi connectivity index (χ3n) is 10.9. The van der Waals surface area contributed by atoms with E-state index in [9.17, 15) is 0 Å². The first-order valence-corrected chi connectivity index (χ1v) is 34.4. The SMILES string of the molecule is C[Si](C)=[Zr+2].C[Si](C)=[Zr+2].Cc1cc2c(C(C)C)ccc(C)c2[cH-]1.Cc1cc2c(C(C)C)ccc(C)c2[cH-]1.[Cl-].[Cl-].c1ccc2c(c1)[cH-]c1ccccc12.c1ccc2c(c1)[cH-]c1ccccc12. The van der Waals surface area contributed by atoms with Gasteiger partial charge in [-0.2, -0.15) is 12.1 Å². The summed E-state index contributed by atoms with van der Waals surface area (Å²) in [6.45, 7) is 27.0. The number of aryl methyl sites for hydroxylation is 4. The average Bonchev–Trinajstić information content (AvgIpc) is 4.01. The molecular weight excluding hydrogens is 1010 g/mol. The van der Waals surface area contributed by atoms with Gasteiger partial charge in [-0.3, -0.25) is 0 Å². The predicted molar refractivity (Wildman–Crippen MR) is 275 cm³/mol. The van der Waals surface area contributed by atoms with Crippen LogP contribution in [0.4, 0.5) is 0 Å². The van der Waals surface area contributed by atoms with Crippen molar-refractivity contribution in [2.45, 2.75) is 93.4 Å². The molecule has 0 aliphatic carbocycles. The molecule has 328 valence electrons. The summed E-state index contributed by atoms with van der Waals surface area (Å²) in [5.74, 6) is 1.22. The Balaban J connectivity index is 0.000000213. The second kappa shape index (κ2) is 26.4. The smallest absolute Gasteiger partial charge is 0.0308 e. The van der Waals surface area contributed by atoms with E-state index in [0.29, 0.717) is 11.8 Å². The number of benzene rings is 6. The molecule has 0 aliphatic rings. The monoisotopic (exact) mass is 1070 g/mol. The normalized spacial score (nSPS) is 10.4. The second-order valence-corrected chi connectivity index (χ2v) is 36.4. The van der Waals surface area contributed by atoms with Crippen LogP contribution in [0.25, 0.3) is 64.6 Å². The molecule has 6 heteroatoms. The predicted octanol–water partition coefficient (Wildman–Crippen LogP) is 11.6. The third kappa shape index (κ3) is 15.0. The summed E-state index contributed by atoms with van der Waals surface area (Å²) in [4.78, 5) is 0. The first-order chi connectivity index (χ1) is 29.5. The maximum absolute atomic E-state index is 2.31. The van der Waals surface area contributed by atoms with E-state index >= 15 is 0 Å². The molecule has 0 N–H and O–H groups in total. The van der Waals surface area contributed by atoms with Crippen molar-refractivity contribution in [2.24, 2.45) is 0 Å². The van der Waals surface area contributed by atoms with Crippen LogP contribution in [0.1, 0.15) is 72.9 Å². The van der Waals surface area contributed by atoms with Crippen LogP contribution in [0.5, 0.6) is 0 Å². The average molecular weight is 1070 g/mol. The minimum Gasteiger partial charge on any atom is -1.00 e. The summed E-state index contributed by atoms with van der Waals surface area (Å²) in [6.07, 6.45) is 0. The Morgan fingerprint density at radius 2 is 0.625 bits per heavy atom. The van der Waals surface area contributed by atoms with E-state index in [0.717, 1.165) is 0 Å². The van der Waals surface area contributed by atoms with Crippen molar-refractivity contribution in [3.63, 3.8) is 0 Å². The molecular formula is C58H64Cl2Si2Zr2-2. The van der Waals surface area contributed by atoms with Crippen molar-refractivity contribution >= 4 is 75.5 Å². The first-order valence-electron chi connectivity index (χ1n) is 22.0. The molecule has 0 fully saturated rings. The minimum atomic E-state index is 0. The van der Waals surface area contributed by atoms with Gasteiger partial charge in [0.1, 0.15) is 0 Å². The van der Waals surface area contributed by atoms with E-state index in [1.807, 2.05) is 0 Å². The van der Waals surface area contributed by atoms with Crippen LogP contribution in [0.3, 0.4) is 0 Å². The van der Waals surface area contributed by atoms with Gasteiger partial charge in [-0.25, -0.2) is 0 Å². The van der Waals surface area contributed by atoms with Crippen molar-refractivity contribution in [2.75, 3.05) is 0 Å². The van der Waals surface area contributed by atoms with Gasteiger partial charge in [0.25, 0.3) is 0 Å². The first kappa shape index (κ1) is 55.4. The maximum atomic E-state index is 2.31. The molecule has 0 spiro atoms. The van der Waals surface area contributed by atoms with Gasteiger partial charge in [0.05, 0.1) is 0 Å². The summed E-state index contributed by atoms with van der Waals surface area (Å²) >= 11 is 3.48. The van der Waals surface area contributed by atoms with Gasteiger partial charge < -0.3 is 24.8 Å². The molecule has 0 aliphatic heterocycles. The standard InChI is InChI=1S/2C14H17.2C13H9.2C2H6Si.2ClH.2Zr/c2*1-9(2)12-6-5-11(4)13-7-10(3)8-14(12)13;2*1-3-7-12-10(5-1)9-11-6-2-4-8-13(11)12;2*1-3-2;;;;/h2*5-9H,1-4H3;2*1-9H;2*1-2H3;2*1H;;/q4*-1;;;;;2*+2/p-2. The van der Waals surface area contributed by atoms with Crippen molar-refractivity contribution in [1.29, 1.82) is 0 Å². The molecule has 0 amide bonds. The van der Waals surface area contributed by atoms with Crippen LogP contribution >= 0.6 is 0 Å². The molecule has 0 saturated heterocycles. The van der Waals surface area contributed by atoms with Crippen LogP contribution in [0, 0.1) is 27.7 Å². The van der Waals surface area contributed by atoms with Gasteiger partial charge in [0, 0.05) is 0 Å². The topological polar surface area (TPSA) is 0 Å². The molecule has 0 bridgehead atoms. The number of fused-ring (bicyclic) bond motifs is 8. The van der Waals surface area contributed by atoms with Crippen LogP contribution < -0.4 is 24.8 Å². The fourth-order valence-corrected chi connectivity index (χ4v) is 8.04. The Hall–Kier alpha value is -2.94. The van der Waals surface area contributed by atoms with Crippen molar-refractivity contribution in [1.82, 2.24) is 0 Å². The molecule has 64 heavy (non-hydrogen) atoms. The Bertz CT molecular complexity index is 2750. The Morgan fingerprint density at radius 1 is 0.375 bits per heavy atom. The van der Waals surface area contributed by atoms with E-state index in [2.05, 4.69) is 239 Å². The zero-order valence-corrected chi connectivity index (χ0v) is 48.3. The summed E-state index contributed by atoms with van der Waals surface area (Å²) in [7, 11) is 0. The van der Waals surface area contributed by atoms with Crippen LogP contribution in [0.15, 0.2) is 158 Å². The minimum absolute atomic E-state index is 0. The van der Waals surface area contributed by atoms with E-state index in [-0.39, 0.29) is 35.7 Å². The molecule has 10 aromatic carbocycles. The van der Waals surface area contributed by atoms with Crippen LogP contribution in [-0.4, -0.2) is 10.9 Å². The number of hydrogen-bond donors (Lipinski definition) is 0. The number of rotatable bonds is 2. The van der Waals surface area contributed by atoms with Crippen molar-refractivity contribution in [3.8, 4) is 0 Å². The van der Waals surface area contributed by atoms with E-state index in [1.165, 1.54) is 98.0 Å². The van der Waals surface area contributed by atoms with Gasteiger partial charge in [0.2, 0.25) is 0 Å². The molecule has 0 radical (unpaired) electrons. The Labute approximate surface area is 427 Å². The van der Waals surface area contributed by atoms with Crippen LogP contribution in [0.2, 0.25) is 26.2 Å². The molecule has 0 saturated carbocycles. The van der Waals surface area contributed by atoms with Gasteiger partial charge in [-0.1, -0.05) is 151 Å². The maximum Gasteiger partial charge on any atom is -0.0308 e. The zero-order valence-electron chi connectivity index (χ0n) is 39.9. The summed E-state index contributed by atoms with van der Waals surface area (Å²) < 4.78 is 0. The molecule has 0 unspecified atom stereocenters. The van der Waals surface area contributed by atoms with Crippen molar-refractivity contribution < 1.29 is 71.5 Å². The molecule has 10 rings (SSSR count). The number of hydrogen-bond acceptors (Lipinski definition) is 0. The van der Waals surface area contributed by atoms with E-state index in [4.69, 9.17) is 0 Å². The third-order valence-corrected chi connectivity index (χ3v) is 10.9. The van der Waals surface area contributed by atoms with Gasteiger partial charge >= 0.3 is 83.7 Å². The Kier molecular flexibility index (Phi) is 22.9. The molecule has 0 aromatic heterocycles. The second-order valence-electron chi connectivity index (χ2n) is 17.6. The quantitative estimate of drug-likeness (QED) is 0.120. The fraction of sp³-hybridized carbons (Fsp3) is 0.241. The molecule has 0 heterocycles. The van der Waals surface area contributed by atoms with Gasteiger partial charge in [0.15, 0.2) is 0 Å². The molecule has 0 atom stereocenters. The summed E-state index contributed by atoms with van der Waals surface area (Å²) in [5, 5.41) is 16.5. The molecule has 0 nitrogen and oxygen atoms in total. The Morgan fingerprint density at radius 3 is 0.875 bits per heavy atom. The zero-order chi connectivity index (χ0) is 45.1. The summed E-state index contributed by atoms with van der Waals surface area (Å²) in [6, 6.07) is 56.7. The fourth-order valence-electron chi connectivity index (χ4n) is 8.04. The van der Waals surface area contributed by atoms with Crippen molar-refractivity contribution in [3.05, 3.63) is 191 Å². The van der Waals surface area contributed by atoms with Gasteiger partial charge in [-0.15, -0.1) is 148 Å². The van der Waals surface area contributed by atoms with Gasteiger partial charge in [-0.05, 0) is 11.8 Å². The summed E-state index contributed by atoms with van der Waals surface area (Å²) in [5.41, 5.74) is 8.88. The number of halogens is 2. The van der Waals surface area contributed by atoms with E-state index in [1.54, 1.807) is 46.7 Å². The molecule has 10 aromatic rings.